The van der Waals surface area contributed by atoms with E-state index in [0.717, 1.165) is 0 Å². The fourth-order valence-corrected chi connectivity index (χ4v) is 4.64. The molecule has 0 heterocycles. The summed E-state index contributed by atoms with van der Waals surface area (Å²) >= 11 is 22.8. The normalized spacial score (nSPS) is 10.5. The summed E-state index contributed by atoms with van der Waals surface area (Å²) in [5, 5.41) is -0.367. The van der Waals surface area contributed by atoms with Crippen LogP contribution in [0.25, 0.3) is 0 Å². The molecule has 2 rings (SSSR count). The third-order valence-corrected chi connectivity index (χ3v) is 5.89. The maximum absolute atomic E-state index is 11.4. The largest absolute Gasteiger partial charge is 0.276 e. The third kappa shape index (κ3) is 4.57. The van der Waals surface area contributed by atoms with Crippen molar-refractivity contribution >= 4 is 78.5 Å². The standard InChI is InChI=1S/C14H6Cl4O2S2/c15-7-1-3-11(9(5-7)13(17)19)21-22-12-4-2-8(16)6-10(12)14(18)20/h1-6H. The highest BCUT2D eigenvalue weighted by atomic mass is 35.5. The average Bonchev–Trinajstić information content (AvgIpc) is 2.46. The van der Waals surface area contributed by atoms with Crippen molar-refractivity contribution in [3.8, 4) is 0 Å². The Bertz CT molecular complexity index is 686. The second-order valence-corrected chi connectivity index (χ2v) is 7.77. The smallest absolute Gasteiger partial charge is 0.253 e. The third-order valence-electron chi connectivity index (χ3n) is 2.53. The first-order valence-corrected chi connectivity index (χ1v) is 9.38. The number of benzene rings is 2. The topological polar surface area (TPSA) is 34.1 Å². The Hall–Kier alpha value is -0.360. The first-order valence-electron chi connectivity index (χ1n) is 5.72. The van der Waals surface area contributed by atoms with Gasteiger partial charge >= 0.3 is 0 Å². The van der Waals surface area contributed by atoms with Gasteiger partial charge in [0.15, 0.2) is 0 Å². The van der Waals surface area contributed by atoms with Gasteiger partial charge in [-0.1, -0.05) is 44.8 Å². The molecule has 0 saturated heterocycles. The number of hydrogen-bond donors (Lipinski definition) is 0. The van der Waals surface area contributed by atoms with Gasteiger partial charge in [0.05, 0.1) is 0 Å². The first-order chi connectivity index (χ1) is 10.4. The lowest BCUT2D eigenvalue weighted by molar-refractivity contribution is 0.107. The SMILES string of the molecule is O=C(Cl)c1cc(Cl)ccc1SSc1ccc(Cl)cc1C(=O)Cl. The Morgan fingerprint density at radius 1 is 0.727 bits per heavy atom. The highest BCUT2D eigenvalue weighted by molar-refractivity contribution is 8.76. The van der Waals surface area contributed by atoms with Gasteiger partial charge in [0.1, 0.15) is 0 Å². The van der Waals surface area contributed by atoms with E-state index in [2.05, 4.69) is 0 Å². The molecule has 0 aliphatic carbocycles. The molecule has 8 heteroatoms. The highest BCUT2D eigenvalue weighted by Gasteiger charge is 2.14. The summed E-state index contributed by atoms with van der Waals surface area (Å²) in [6.45, 7) is 0. The van der Waals surface area contributed by atoms with Crippen molar-refractivity contribution in [2.45, 2.75) is 9.79 Å². The summed E-state index contributed by atoms with van der Waals surface area (Å²) in [6.07, 6.45) is 0. The van der Waals surface area contributed by atoms with E-state index in [0.29, 0.717) is 31.0 Å². The zero-order valence-electron chi connectivity index (χ0n) is 10.6. The van der Waals surface area contributed by atoms with E-state index < -0.39 is 10.5 Å². The second kappa shape index (κ2) is 7.95. The van der Waals surface area contributed by atoms with Gasteiger partial charge in [0, 0.05) is 31.0 Å². The van der Waals surface area contributed by atoms with E-state index in [1.807, 2.05) is 0 Å². The van der Waals surface area contributed by atoms with E-state index in [9.17, 15) is 9.59 Å². The molecule has 22 heavy (non-hydrogen) atoms. The van der Waals surface area contributed by atoms with Crippen LogP contribution in [0.3, 0.4) is 0 Å². The predicted octanol–water partition coefficient (Wildman–Crippen LogP) is 6.55. The van der Waals surface area contributed by atoms with Crippen LogP contribution in [0.4, 0.5) is 0 Å². The lowest BCUT2D eigenvalue weighted by Crippen LogP contribution is -1.93. The molecule has 0 bridgehead atoms. The summed E-state index contributed by atoms with van der Waals surface area (Å²) in [5.74, 6) is 0. The zero-order valence-corrected chi connectivity index (χ0v) is 15.3. The first kappa shape index (κ1) is 18.0. The molecule has 2 aromatic rings. The predicted molar refractivity (Wildman–Crippen MR) is 95.0 cm³/mol. The summed E-state index contributed by atoms with van der Waals surface area (Å²) < 4.78 is 0. The Kier molecular flexibility index (Phi) is 6.50. The van der Waals surface area contributed by atoms with Gasteiger partial charge < -0.3 is 0 Å². The second-order valence-electron chi connectivity index (χ2n) is 4.00. The molecule has 0 amide bonds. The van der Waals surface area contributed by atoms with Crippen LogP contribution in [0.15, 0.2) is 46.2 Å². The van der Waals surface area contributed by atoms with Gasteiger partial charge in [-0.15, -0.1) is 0 Å². The van der Waals surface area contributed by atoms with Crippen LogP contribution >= 0.6 is 68.0 Å². The fraction of sp³-hybridized carbons (Fsp3) is 0. The van der Waals surface area contributed by atoms with E-state index in [1.165, 1.54) is 33.7 Å². The van der Waals surface area contributed by atoms with Crippen molar-refractivity contribution in [2.75, 3.05) is 0 Å². The van der Waals surface area contributed by atoms with Gasteiger partial charge in [-0.2, -0.15) is 0 Å². The molecule has 0 aliphatic rings. The van der Waals surface area contributed by atoms with Crippen LogP contribution in [0.5, 0.6) is 0 Å². The lowest BCUT2D eigenvalue weighted by Gasteiger charge is -2.08. The molecule has 0 N–H and O–H groups in total. The van der Waals surface area contributed by atoms with Crippen LogP contribution in [-0.2, 0) is 0 Å². The summed E-state index contributed by atoms with van der Waals surface area (Å²) in [4.78, 5) is 24.2. The quantitative estimate of drug-likeness (QED) is 0.412. The Balaban J connectivity index is 2.28. The highest BCUT2D eigenvalue weighted by Crippen LogP contribution is 2.42. The van der Waals surface area contributed by atoms with Crippen LogP contribution in [0.1, 0.15) is 20.7 Å². The minimum Gasteiger partial charge on any atom is -0.276 e. The van der Waals surface area contributed by atoms with Gasteiger partial charge in [-0.05, 0) is 59.6 Å². The van der Waals surface area contributed by atoms with Gasteiger partial charge in [0.25, 0.3) is 10.5 Å². The van der Waals surface area contributed by atoms with Crippen molar-refractivity contribution in [3.63, 3.8) is 0 Å². The van der Waals surface area contributed by atoms with E-state index in [1.54, 1.807) is 24.3 Å². The van der Waals surface area contributed by atoms with Crippen molar-refractivity contribution in [3.05, 3.63) is 57.6 Å². The Labute approximate surface area is 154 Å². The van der Waals surface area contributed by atoms with E-state index in [-0.39, 0.29) is 0 Å². The molecule has 0 aromatic heterocycles. The average molecular weight is 412 g/mol. The fourth-order valence-electron chi connectivity index (χ4n) is 1.55. The van der Waals surface area contributed by atoms with E-state index >= 15 is 0 Å². The summed E-state index contributed by atoms with van der Waals surface area (Å²) in [6, 6.07) is 9.68. The van der Waals surface area contributed by atoms with Crippen LogP contribution < -0.4 is 0 Å². The Morgan fingerprint density at radius 2 is 1.09 bits per heavy atom. The number of hydrogen-bond acceptors (Lipinski definition) is 4. The molecule has 114 valence electrons. The van der Waals surface area contributed by atoms with E-state index in [4.69, 9.17) is 46.4 Å². The van der Waals surface area contributed by atoms with Crippen LogP contribution in [0.2, 0.25) is 10.0 Å². The number of carbonyl (C=O) groups excluding carboxylic acids is 2. The number of carbonyl (C=O) groups is 2. The molecular formula is C14H6Cl4O2S2. The van der Waals surface area contributed by atoms with Crippen molar-refractivity contribution in [1.82, 2.24) is 0 Å². The van der Waals surface area contributed by atoms with Crippen molar-refractivity contribution in [1.29, 1.82) is 0 Å². The molecular weight excluding hydrogens is 406 g/mol. The minimum absolute atomic E-state index is 0.305. The maximum atomic E-state index is 11.4. The molecule has 0 atom stereocenters. The van der Waals surface area contributed by atoms with Gasteiger partial charge in [0.2, 0.25) is 0 Å². The van der Waals surface area contributed by atoms with Gasteiger partial charge in [-0.25, -0.2) is 0 Å². The van der Waals surface area contributed by atoms with Crippen molar-refractivity contribution < 1.29 is 9.59 Å². The minimum atomic E-state index is -0.602. The molecule has 0 unspecified atom stereocenters. The molecule has 0 saturated carbocycles. The molecule has 0 spiro atoms. The van der Waals surface area contributed by atoms with Crippen LogP contribution in [0, 0.1) is 0 Å². The molecule has 0 aliphatic heterocycles. The molecule has 0 radical (unpaired) electrons. The number of halogens is 4. The van der Waals surface area contributed by atoms with Crippen molar-refractivity contribution in [2.24, 2.45) is 0 Å². The molecule has 0 fully saturated rings. The summed E-state index contributed by atoms with van der Waals surface area (Å²) in [7, 11) is 2.55. The maximum Gasteiger partial charge on any atom is 0.253 e. The van der Waals surface area contributed by atoms with Gasteiger partial charge in [-0.3, -0.25) is 9.59 Å². The lowest BCUT2D eigenvalue weighted by atomic mass is 10.2. The zero-order chi connectivity index (χ0) is 16.3. The monoisotopic (exact) mass is 410 g/mol. The Morgan fingerprint density at radius 3 is 1.41 bits per heavy atom. The summed E-state index contributed by atoms with van der Waals surface area (Å²) in [5.41, 5.74) is 0.610. The molecule has 2 nitrogen and oxygen atoms in total. The van der Waals surface area contributed by atoms with Crippen LogP contribution in [-0.4, -0.2) is 10.5 Å². The number of rotatable bonds is 5. The molecule has 2 aromatic carbocycles.